The van der Waals surface area contributed by atoms with Crippen LogP contribution in [0.5, 0.6) is 11.5 Å². The second-order valence-electron chi connectivity index (χ2n) is 4.42. The van der Waals surface area contributed by atoms with Gasteiger partial charge in [0, 0.05) is 5.69 Å². The maximum atomic E-state index is 11.8. The fourth-order valence-electron chi connectivity index (χ4n) is 1.69. The van der Waals surface area contributed by atoms with Gasteiger partial charge in [0.15, 0.2) is 17.2 Å². The Labute approximate surface area is 140 Å². The first-order valence-electron chi connectivity index (χ1n) is 6.52. The highest BCUT2D eigenvalue weighted by Crippen LogP contribution is 2.32. The SMILES string of the molecule is CCOc1cc(/C=N/NC(=O)c2cc(C)[nH]n2)cc(I)c1O. The first kappa shape index (κ1) is 16.3. The van der Waals surface area contributed by atoms with Crippen LogP contribution in [0.3, 0.4) is 0 Å². The van der Waals surface area contributed by atoms with Crippen molar-refractivity contribution in [1.29, 1.82) is 0 Å². The number of nitrogens with zero attached hydrogens (tertiary/aromatic N) is 2. The molecule has 3 N–H and O–H groups in total. The van der Waals surface area contributed by atoms with Crippen molar-refractivity contribution in [2.24, 2.45) is 5.10 Å². The lowest BCUT2D eigenvalue weighted by atomic mass is 10.2. The number of nitrogens with one attached hydrogen (secondary N) is 2. The topological polar surface area (TPSA) is 99.6 Å². The number of aromatic nitrogens is 2. The van der Waals surface area contributed by atoms with Crippen molar-refractivity contribution in [2.75, 3.05) is 6.61 Å². The molecule has 1 aromatic carbocycles. The van der Waals surface area contributed by atoms with E-state index in [1.54, 1.807) is 25.1 Å². The van der Waals surface area contributed by atoms with Crippen LogP contribution >= 0.6 is 22.6 Å². The number of carbonyl (C=O) groups is 1. The molecule has 0 aliphatic heterocycles. The summed E-state index contributed by atoms with van der Waals surface area (Å²) in [7, 11) is 0. The maximum absolute atomic E-state index is 11.8. The summed E-state index contributed by atoms with van der Waals surface area (Å²) in [5, 5.41) is 20.3. The van der Waals surface area contributed by atoms with Crippen LogP contribution in [0.4, 0.5) is 0 Å². The summed E-state index contributed by atoms with van der Waals surface area (Å²) in [4.78, 5) is 11.8. The van der Waals surface area contributed by atoms with Gasteiger partial charge in [0.1, 0.15) is 0 Å². The molecule has 8 heteroatoms. The predicted molar refractivity (Wildman–Crippen MR) is 90.4 cm³/mol. The number of rotatable bonds is 5. The number of aromatic amines is 1. The summed E-state index contributed by atoms with van der Waals surface area (Å²) in [6.45, 7) is 4.08. The molecule has 0 fully saturated rings. The minimum atomic E-state index is -0.404. The second kappa shape index (κ2) is 7.25. The number of benzene rings is 1. The molecule has 0 saturated heterocycles. The maximum Gasteiger partial charge on any atom is 0.291 e. The summed E-state index contributed by atoms with van der Waals surface area (Å²) in [5.41, 5.74) is 4.15. The molecule has 2 rings (SSSR count). The molecule has 22 heavy (non-hydrogen) atoms. The van der Waals surface area contributed by atoms with Crippen molar-refractivity contribution >= 4 is 34.7 Å². The molecule has 2 aromatic rings. The zero-order chi connectivity index (χ0) is 16.1. The highest BCUT2D eigenvalue weighted by Gasteiger charge is 2.09. The van der Waals surface area contributed by atoms with Crippen molar-refractivity contribution in [3.8, 4) is 11.5 Å². The van der Waals surface area contributed by atoms with Crippen LogP contribution in [-0.4, -0.2) is 34.0 Å². The van der Waals surface area contributed by atoms with E-state index in [-0.39, 0.29) is 11.4 Å². The highest BCUT2D eigenvalue weighted by molar-refractivity contribution is 14.1. The average Bonchev–Trinajstić information content (AvgIpc) is 2.91. The number of carbonyl (C=O) groups excluding carboxylic acids is 1. The number of aromatic hydroxyl groups is 1. The van der Waals surface area contributed by atoms with E-state index in [0.29, 0.717) is 21.5 Å². The van der Waals surface area contributed by atoms with Gasteiger partial charge in [-0.2, -0.15) is 10.2 Å². The first-order chi connectivity index (χ1) is 10.5. The van der Waals surface area contributed by atoms with Gasteiger partial charge >= 0.3 is 0 Å². The van der Waals surface area contributed by atoms with Gasteiger partial charge in [0.2, 0.25) is 0 Å². The third-order valence-electron chi connectivity index (χ3n) is 2.67. The zero-order valence-electron chi connectivity index (χ0n) is 12.1. The second-order valence-corrected chi connectivity index (χ2v) is 5.58. The van der Waals surface area contributed by atoms with E-state index in [4.69, 9.17) is 4.74 Å². The molecular formula is C14H15IN4O3. The largest absolute Gasteiger partial charge is 0.504 e. The quantitative estimate of drug-likeness (QED) is 0.397. The molecule has 1 heterocycles. The lowest BCUT2D eigenvalue weighted by Crippen LogP contribution is -2.18. The predicted octanol–water partition coefficient (Wildman–Crippen LogP) is 2.19. The molecule has 0 spiro atoms. The summed E-state index contributed by atoms with van der Waals surface area (Å²) in [6, 6.07) is 5.00. The van der Waals surface area contributed by atoms with Gasteiger partial charge in [-0.25, -0.2) is 5.43 Å². The van der Waals surface area contributed by atoms with Gasteiger partial charge in [0.25, 0.3) is 5.91 Å². The number of phenolic OH excluding ortho intramolecular Hbond substituents is 1. The lowest BCUT2D eigenvalue weighted by Gasteiger charge is -2.08. The smallest absolute Gasteiger partial charge is 0.291 e. The number of ether oxygens (including phenoxy) is 1. The number of hydrogen-bond donors (Lipinski definition) is 3. The normalized spacial score (nSPS) is 10.9. The number of H-pyrrole nitrogens is 1. The van der Waals surface area contributed by atoms with Gasteiger partial charge in [-0.1, -0.05) is 0 Å². The summed E-state index contributed by atoms with van der Waals surface area (Å²) >= 11 is 2.00. The van der Waals surface area contributed by atoms with Gasteiger partial charge in [-0.15, -0.1) is 0 Å². The van der Waals surface area contributed by atoms with Crippen molar-refractivity contribution < 1.29 is 14.6 Å². The molecule has 0 aliphatic rings. The Balaban J connectivity index is 2.08. The number of hydrazone groups is 1. The van der Waals surface area contributed by atoms with Crippen LogP contribution in [0.2, 0.25) is 0 Å². The van der Waals surface area contributed by atoms with Crippen LogP contribution in [0.1, 0.15) is 28.7 Å². The Kier molecular flexibility index (Phi) is 5.36. The monoisotopic (exact) mass is 414 g/mol. The van der Waals surface area contributed by atoms with Gasteiger partial charge in [-0.3, -0.25) is 9.89 Å². The van der Waals surface area contributed by atoms with E-state index in [1.807, 2.05) is 29.5 Å². The fraction of sp³-hybridized carbons (Fsp3) is 0.214. The van der Waals surface area contributed by atoms with E-state index in [1.165, 1.54) is 6.21 Å². The van der Waals surface area contributed by atoms with E-state index >= 15 is 0 Å². The van der Waals surface area contributed by atoms with Crippen LogP contribution in [0.15, 0.2) is 23.3 Å². The van der Waals surface area contributed by atoms with E-state index in [0.717, 1.165) is 5.69 Å². The number of amides is 1. The number of aryl methyl sites for hydroxylation is 1. The molecule has 0 saturated carbocycles. The van der Waals surface area contributed by atoms with Gasteiger partial charge in [0.05, 0.1) is 16.4 Å². The Bertz CT molecular complexity index is 712. The molecule has 0 atom stereocenters. The Morgan fingerprint density at radius 3 is 2.95 bits per heavy atom. The molecule has 1 aromatic heterocycles. The molecule has 116 valence electrons. The standard InChI is InChI=1S/C14H15IN4O3/c1-3-22-12-6-9(5-10(15)13(12)20)7-16-19-14(21)11-4-8(2)17-18-11/h4-7,20H,3H2,1-2H3,(H,17,18)(H,19,21)/b16-7+. The van der Waals surface area contributed by atoms with Crippen molar-refractivity contribution in [3.63, 3.8) is 0 Å². The van der Waals surface area contributed by atoms with Crippen LogP contribution < -0.4 is 10.2 Å². The van der Waals surface area contributed by atoms with Crippen LogP contribution in [0, 0.1) is 10.5 Å². The van der Waals surface area contributed by atoms with Gasteiger partial charge < -0.3 is 9.84 Å². The summed E-state index contributed by atoms with van der Waals surface area (Å²) in [6.07, 6.45) is 1.47. The number of phenols is 1. The first-order valence-corrected chi connectivity index (χ1v) is 7.60. The van der Waals surface area contributed by atoms with E-state index < -0.39 is 5.91 Å². The molecular weight excluding hydrogens is 399 g/mol. The molecule has 7 nitrogen and oxygen atoms in total. The third-order valence-corrected chi connectivity index (χ3v) is 3.49. The van der Waals surface area contributed by atoms with Crippen LogP contribution in [-0.2, 0) is 0 Å². The molecule has 0 unspecified atom stereocenters. The Morgan fingerprint density at radius 1 is 1.55 bits per heavy atom. The summed E-state index contributed by atoms with van der Waals surface area (Å²) < 4.78 is 5.98. The summed E-state index contributed by atoms with van der Waals surface area (Å²) in [5.74, 6) is 0.0693. The zero-order valence-corrected chi connectivity index (χ0v) is 14.2. The Morgan fingerprint density at radius 2 is 2.32 bits per heavy atom. The molecule has 0 bridgehead atoms. The van der Waals surface area contributed by atoms with Gasteiger partial charge in [-0.05, 0) is 60.2 Å². The van der Waals surface area contributed by atoms with Crippen molar-refractivity contribution in [3.05, 3.63) is 38.7 Å². The minimum Gasteiger partial charge on any atom is -0.504 e. The highest BCUT2D eigenvalue weighted by atomic mass is 127. The number of halogens is 1. The number of hydrogen-bond acceptors (Lipinski definition) is 5. The van der Waals surface area contributed by atoms with Crippen molar-refractivity contribution in [2.45, 2.75) is 13.8 Å². The van der Waals surface area contributed by atoms with E-state index in [2.05, 4.69) is 20.7 Å². The molecule has 0 radical (unpaired) electrons. The fourth-order valence-corrected chi connectivity index (χ4v) is 2.32. The van der Waals surface area contributed by atoms with Crippen molar-refractivity contribution in [1.82, 2.24) is 15.6 Å². The minimum absolute atomic E-state index is 0.0932. The van der Waals surface area contributed by atoms with Crippen LogP contribution in [0.25, 0.3) is 0 Å². The third kappa shape index (κ3) is 3.97. The van der Waals surface area contributed by atoms with E-state index in [9.17, 15) is 9.90 Å². The lowest BCUT2D eigenvalue weighted by molar-refractivity contribution is 0.0950. The molecule has 0 aliphatic carbocycles. The molecule has 1 amide bonds. The average molecular weight is 414 g/mol. The Hall–Kier alpha value is -2.10.